The van der Waals surface area contributed by atoms with Crippen LogP contribution in [0, 0.1) is 13.8 Å². The van der Waals surface area contributed by atoms with Gasteiger partial charge in [-0.2, -0.15) is 4.98 Å². The third-order valence-electron chi connectivity index (χ3n) is 2.87. The lowest BCUT2D eigenvalue weighted by Crippen LogP contribution is -2.38. The third-order valence-corrected chi connectivity index (χ3v) is 2.87. The topological polar surface area (TPSA) is 95.1 Å². The quantitative estimate of drug-likeness (QED) is 0.678. The maximum Gasteiger partial charge on any atom is 0.345 e. The minimum Gasteiger partial charge on any atom is -0.394 e. The highest BCUT2D eigenvalue weighted by atomic mass is 16.3. The van der Waals surface area contributed by atoms with Crippen LogP contribution in [-0.4, -0.2) is 33.6 Å². The predicted octanol–water partition coefficient (Wildman–Crippen LogP) is -0.184. The summed E-state index contributed by atoms with van der Waals surface area (Å²) in [5.41, 5.74) is 1.53. The molecule has 0 saturated heterocycles. The molecular formula is C12H19N3O3. The lowest BCUT2D eigenvalue weighted by atomic mass is 10.1. The van der Waals surface area contributed by atoms with Crippen LogP contribution in [0.2, 0.25) is 0 Å². The molecule has 1 amide bonds. The fourth-order valence-corrected chi connectivity index (χ4v) is 1.73. The van der Waals surface area contributed by atoms with Gasteiger partial charge in [-0.25, -0.2) is 4.79 Å². The third kappa shape index (κ3) is 3.66. The van der Waals surface area contributed by atoms with Crippen LogP contribution in [0.25, 0.3) is 0 Å². The lowest BCUT2D eigenvalue weighted by Gasteiger charge is -2.15. The molecule has 0 aliphatic heterocycles. The first-order valence-electron chi connectivity index (χ1n) is 5.94. The smallest absolute Gasteiger partial charge is 0.345 e. The first-order chi connectivity index (χ1) is 8.47. The van der Waals surface area contributed by atoms with E-state index >= 15 is 0 Å². The molecule has 0 aliphatic rings. The van der Waals surface area contributed by atoms with Gasteiger partial charge in [-0.15, -0.1) is 0 Å². The minimum absolute atomic E-state index is 0.0793. The van der Waals surface area contributed by atoms with Crippen molar-refractivity contribution in [2.75, 3.05) is 6.61 Å². The normalized spacial score (nSPS) is 12.2. The number of carbonyl (C=O) groups is 1. The van der Waals surface area contributed by atoms with Gasteiger partial charge in [0.25, 0.3) is 0 Å². The van der Waals surface area contributed by atoms with E-state index in [1.807, 2.05) is 6.92 Å². The Bertz CT molecular complexity index is 452. The van der Waals surface area contributed by atoms with Crippen LogP contribution in [-0.2, 0) is 11.2 Å². The largest absolute Gasteiger partial charge is 0.394 e. The Hall–Kier alpha value is -1.69. The number of nitrogens with one attached hydrogen (secondary N) is 2. The first-order valence-corrected chi connectivity index (χ1v) is 5.94. The summed E-state index contributed by atoms with van der Waals surface area (Å²) < 4.78 is 0. The summed E-state index contributed by atoms with van der Waals surface area (Å²) in [7, 11) is 0. The van der Waals surface area contributed by atoms with Gasteiger partial charge in [0, 0.05) is 17.0 Å². The van der Waals surface area contributed by atoms with Crippen LogP contribution in [0.3, 0.4) is 0 Å². The van der Waals surface area contributed by atoms with Gasteiger partial charge in [0.15, 0.2) is 0 Å². The highest BCUT2D eigenvalue weighted by Gasteiger charge is 2.13. The van der Waals surface area contributed by atoms with E-state index in [9.17, 15) is 9.59 Å². The molecule has 0 aliphatic carbocycles. The zero-order chi connectivity index (χ0) is 13.7. The lowest BCUT2D eigenvalue weighted by molar-refractivity contribution is -0.121. The molecule has 0 radical (unpaired) electrons. The molecule has 1 rings (SSSR count). The summed E-state index contributed by atoms with van der Waals surface area (Å²) in [6.45, 7) is 5.25. The van der Waals surface area contributed by atoms with E-state index in [2.05, 4.69) is 15.3 Å². The molecule has 0 spiro atoms. The fraction of sp³-hybridized carbons (Fsp3) is 0.583. The summed E-state index contributed by atoms with van der Waals surface area (Å²) in [4.78, 5) is 29.2. The Morgan fingerprint density at radius 1 is 1.50 bits per heavy atom. The van der Waals surface area contributed by atoms with Gasteiger partial charge in [-0.05, 0) is 20.3 Å². The number of H-pyrrole nitrogens is 1. The second kappa shape index (κ2) is 6.30. The molecule has 18 heavy (non-hydrogen) atoms. The average Bonchev–Trinajstić information content (AvgIpc) is 2.30. The summed E-state index contributed by atoms with van der Waals surface area (Å²) in [5, 5.41) is 11.7. The van der Waals surface area contributed by atoms with Gasteiger partial charge in [-0.3, -0.25) is 4.79 Å². The molecule has 1 heterocycles. The molecule has 0 fully saturated rings. The van der Waals surface area contributed by atoms with Crippen molar-refractivity contribution >= 4 is 5.91 Å². The van der Waals surface area contributed by atoms with Crippen LogP contribution in [0.1, 0.15) is 30.3 Å². The van der Waals surface area contributed by atoms with E-state index in [1.54, 1.807) is 13.8 Å². The molecule has 0 unspecified atom stereocenters. The molecule has 0 saturated carbocycles. The number of aromatic amines is 1. The monoisotopic (exact) mass is 253 g/mol. The highest BCUT2D eigenvalue weighted by molar-refractivity contribution is 5.79. The summed E-state index contributed by atoms with van der Waals surface area (Å²) >= 11 is 0. The Morgan fingerprint density at radius 2 is 2.17 bits per heavy atom. The maximum atomic E-state index is 11.8. The minimum atomic E-state index is -0.407. The standard InChI is InChI=1S/C12H19N3O3/c1-4-9(6-16)15-11(17)5-10-7(2)13-12(18)14-8(10)3/h9,16H,4-6H2,1-3H3,(H,15,17)(H,13,14,18)/t9-/m0/s1. The van der Waals surface area contributed by atoms with Gasteiger partial charge in [0.1, 0.15) is 0 Å². The van der Waals surface area contributed by atoms with Crippen LogP contribution < -0.4 is 11.0 Å². The Labute approximate surface area is 105 Å². The van der Waals surface area contributed by atoms with E-state index in [1.165, 1.54) is 0 Å². The molecular weight excluding hydrogens is 234 g/mol. The Morgan fingerprint density at radius 3 is 2.67 bits per heavy atom. The van der Waals surface area contributed by atoms with E-state index < -0.39 is 5.69 Å². The maximum absolute atomic E-state index is 11.8. The van der Waals surface area contributed by atoms with E-state index in [-0.39, 0.29) is 25.0 Å². The number of carbonyl (C=O) groups excluding carboxylic acids is 1. The van der Waals surface area contributed by atoms with Crippen molar-refractivity contribution in [1.29, 1.82) is 0 Å². The summed E-state index contributed by atoms with van der Waals surface area (Å²) in [6.07, 6.45) is 0.821. The number of aromatic nitrogens is 2. The van der Waals surface area contributed by atoms with Gasteiger partial charge >= 0.3 is 5.69 Å². The molecule has 3 N–H and O–H groups in total. The van der Waals surface area contributed by atoms with Crippen molar-refractivity contribution in [3.8, 4) is 0 Å². The van der Waals surface area contributed by atoms with Gasteiger partial charge in [-0.1, -0.05) is 6.92 Å². The van der Waals surface area contributed by atoms with Crippen LogP contribution in [0.15, 0.2) is 4.79 Å². The van der Waals surface area contributed by atoms with Gasteiger partial charge < -0.3 is 15.4 Å². The zero-order valence-corrected chi connectivity index (χ0v) is 10.9. The second-order valence-electron chi connectivity index (χ2n) is 4.26. The number of rotatable bonds is 5. The van der Waals surface area contributed by atoms with Crippen molar-refractivity contribution in [3.63, 3.8) is 0 Å². The van der Waals surface area contributed by atoms with Gasteiger partial charge in [0.05, 0.1) is 19.1 Å². The van der Waals surface area contributed by atoms with Crippen LogP contribution >= 0.6 is 0 Å². The van der Waals surface area contributed by atoms with Crippen molar-refractivity contribution in [2.24, 2.45) is 0 Å². The molecule has 6 heteroatoms. The number of amides is 1. The molecule has 6 nitrogen and oxygen atoms in total. The predicted molar refractivity (Wildman–Crippen MR) is 67.3 cm³/mol. The molecule has 0 aromatic carbocycles. The van der Waals surface area contributed by atoms with E-state index in [0.29, 0.717) is 17.8 Å². The number of hydrogen-bond acceptors (Lipinski definition) is 4. The SMILES string of the molecule is CC[C@@H](CO)NC(=O)Cc1c(C)nc(=O)[nH]c1C. The number of nitrogens with zero attached hydrogens (tertiary/aromatic N) is 1. The number of aryl methyl sites for hydroxylation is 2. The molecule has 1 atom stereocenters. The number of aliphatic hydroxyl groups is 1. The Kier molecular flexibility index (Phi) is 5.03. The number of aliphatic hydroxyl groups excluding tert-OH is 1. The number of hydrogen-bond donors (Lipinski definition) is 3. The molecule has 0 bridgehead atoms. The first kappa shape index (κ1) is 14.4. The van der Waals surface area contributed by atoms with Crippen molar-refractivity contribution < 1.29 is 9.90 Å². The van der Waals surface area contributed by atoms with Crippen LogP contribution in [0.5, 0.6) is 0 Å². The summed E-state index contributed by atoms with van der Waals surface area (Å²) in [5.74, 6) is -0.184. The average molecular weight is 253 g/mol. The second-order valence-corrected chi connectivity index (χ2v) is 4.26. The Balaban J connectivity index is 2.79. The van der Waals surface area contributed by atoms with Crippen molar-refractivity contribution in [1.82, 2.24) is 15.3 Å². The van der Waals surface area contributed by atoms with E-state index in [0.717, 1.165) is 5.56 Å². The van der Waals surface area contributed by atoms with Gasteiger partial charge in [0.2, 0.25) is 5.91 Å². The molecule has 1 aromatic rings. The van der Waals surface area contributed by atoms with E-state index in [4.69, 9.17) is 5.11 Å². The fourth-order valence-electron chi connectivity index (χ4n) is 1.73. The summed E-state index contributed by atoms with van der Waals surface area (Å²) in [6, 6.07) is -0.228. The van der Waals surface area contributed by atoms with Crippen LogP contribution in [0.4, 0.5) is 0 Å². The molecule has 100 valence electrons. The highest BCUT2D eigenvalue weighted by Crippen LogP contribution is 2.07. The van der Waals surface area contributed by atoms with Crippen molar-refractivity contribution in [2.45, 2.75) is 39.7 Å². The molecule has 1 aromatic heterocycles. The zero-order valence-electron chi connectivity index (χ0n) is 10.9. The van der Waals surface area contributed by atoms with Crippen molar-refractivity contribution in [3.05, 3.63) is 27.4 Å².